The van der Waals surface area contributed by atoms with Crippen molar-refractivity contribution in [1.29, 1.82) is 0 Å². The van der Waals surface area contributed by atoms with Gasteiger partial charge in [-0.25, -0.2) is 4.99 Å². The van der Waals surface area contributed by atoms with Crippen LogP contribution in [0.2, 0.25) is 0 Å². The summed E-state index contributed by atoms with van der Waals surface area (Å²) in [7, 11) is 3.47. The molecule has 0 aliphatic carbocycles. The predicted octanol–water partition coefficient (Wildman–Crippen LogP) is 0.674. The molecule has 0 radical (unpaired) electrons. The third kappa shape index (κ3) is 7.88. The Morgan fingerprint density at radius 2 is 2.15 bits per heavy atom. The van der Waals surface area contributed by atoms with Crippen molar-refractivity contribution < 1.29 is 9.53 Å². The van der Waals surface area contributed by atoms with Gasteiger partial charge in [-0.2, -0.15) is 0 Å². The molecule has 2 N–H and O–H groups in total. The molecule has 0 bridgehead atoms. The SMILES string of the molecule is CCCNC(=NCC(=O)N(C)C)NCC1CCOC1.I. The predicted molar refractivity (Wildman–Crippen MR) is 91.6 cm³/mol. The van der Waals surface area contributed by atoms with E-state index in [1.807, 2.05) is 0 Å². The molecule has 1 fully saturated rings. The second-order valence-electron chi connectivity index (χ2n) is 4.99. The Kier molecular flexibility index (Phi) is 10.8. The zero-order valence-corrected chi connectivity index (χ0v) is 15.0. The van der Waals surface area contributed by atoms with Gasteiger partial charge in [0.2, 0.25) is 5.91 Å². The monoisotopic (exact) mass is 398 g/mol. The second kappa shape index (κ2) is 11.1. The van der Waals surface area contributed by atoms with Crippen LogP contribution in [0.15, 0.2) is 4.99 Å². The maximum Gasteiger partial charge on any atom is 0.243 e. The number of amides is 1. The highest BCUT2D eigenvalue weighted by molar-refractivity contribution is 14.0. The van der Waals surface area contributed by atoms with Crippen LogP contribution in [-0.4, -0.2) is 63.7 Å². The number of hydrogen-bond acceptors (Lipinski definition) is 3. The molecule has 0 aromatic heterocycles. The van der Waals surface area contributed by atoms with E-state index in [1.54, 1.807) is 19.0 Å². The van der Waals surface area contributed by atoms with Gasteiger partial charge in [-0.1, -0.05) is 6.92 Å². The number of carbonyl (C=O) groups excluding carboxylic acids is 1. The summed E-state index contributed by atoms with van der Waals surface area (Å²) in [6.45, 7) is 5.62. The van der Waals surface area contributed by atoms with Crippen LogP contribution >= 0.6 is 24.0 Å². The average molecular weight is 398 g/mol. The van der Waals surface area contributed by atoms with E-state index >= 15 is 0 Å². The van der Waals surface area contributed by atoms with E-state index in [0.29, 0.717) is 11.9 Å². The van der Waals surface area contributed by atoms with Crippen molar-refractivity contribution in [3.05, 3.63) is 0 Å². The molecule has 1 atom stereocenters. The number of rotatable bonds is 6. The van der Waals surface area contributed by atoms with Crippen LogP contribution in [-0.2, 0) is 9.53 Å². The molecular formula is C13H27IN4O2. The summed E-state index contributed by atoms with van der Waals surface area (Å²) in [4.78, 5) is 17.4. The summed E-state index contributed by atoms with van der Waals surface area (Å²) >= 11 is 0. The lowest BCUT2D eigenvalue weighted by Crippen LogP contribution is -2.41. The van der Waals surface area contributed by atoms with E-state index in [1.165, 1.54) is 0 Å². The first kappa shape index (κ1) is 19.4. The molecule has 1 heterocycles. The summed E-state index contributed by atoms with van der Waals surface area (Å²) in [5, 5.41) is 6.49. The van der Waals surface area contributed by atoms with Crippen molar-refractivity contribution in [3.63, 3.8) is 0 Å². The third-order valence-electron chi connectivity index (χ3n) is 3.00. The molecular weight excluding hydrogens is 371 g/mol. The van der Waals surface area contributed by atoms with Gasteiger partial charge >= 0.3 is 0 Å². The van der Waals surface area contributed by atoms with Crippen molar-refractivity contribution in [2.75, 3.05) is 46.9 Å². The van der Waals surface area contributed by atoms with E-state index in [9.17, 15) is 4.79 Å². The number of carbonyl (C=O) groups is 1. The van der Waals surface area contributed by atoms with Gasteiger partial charge in [0.05, 0.1) is 6.61 Å². The highest BCUT2D eigenvalue weighted by atomic mass is 127. The Morgan fingerprint density at radius 1 is 1.40 bits per heavy atom. The molecule has 7 heteroatoms. The fraction of sp³-hybridized carbons (Fsp3) is 0.846. The Hall–Kier alpha value is -0.570. The van der Waals surface area contributed by atoms with E-state index in [4.69, 9.17) is 4.74 Å². The molecule has 0 saturated carbocycles. The van der Waals surface area contributed by atoms with E-state index in [0.717, 1.165) is 39.1 Å². The van der Waals surface area contributed by atoms with Crippen LogP contribution in [0.25, 0.3) is 0 Å². The number of hydrogen-bond donors (Lipinski definition) is 2. The highest BCUT2D eigenvalue weighted by Gasteiger charge is 2.15. The fourth-order valence-electron chi connectivity index (χ4n) is 1.69. The first-order chi connectivity index (χ1) is 9.13. The molecule has 0 aromatic rings. The van der Waals surface area contributed by atoms with E-state index in [2.05, 4.69) is 22.5 Å². The Bertz CT molecular complexity index is 305. The Labute approximate surface area is 138 Å². The van der Waals surface area contributed by atoms with Crippen LogP contribution in [0.5, 0.6) is 0 Å². The standard InChI is InChI=1S/C13H26N4O2.HI/c1-4-6-14-13(16-9-12(18)17(2)3)15-8-11-5-7-19-10-11;/h11H,4-10H2,1-3H3,(H2,14,15,16);1H. The van der Waals surface area contributed by atoms with Gasteiger partial charge in [-0.3, -0.25) is 4.79 Å². The molecule has 1 rings (SSSR count). The fourth-order valence-corrected chi connectivity index (χ4v) is 1.69. The number of nitrogens with zero attached hydrogens (tertiary/aromatic N) is 2. The molecule has 118 valence electrons. The lowest BCUT2D eigenvalue weighted by Gasteiger charge is -2.15. The maximum atomic E-state index is 11.5. The first-order valence-corrected chi connectivity index (χ1v) is 6.93. The largest absolute Gasteiger partial charge is 0.381 e. The summed E-state index contributed by atoms with van der Waals surface area (Å²) in [6.07, 6.45) is 2.11. The quantitative estimate of drug-likeness (QED) is 0.392. The summed E-state index contributed by atoms with van der Waals surface area (Å²) in [5.74, 6) is 1.25. The molecule has 1 aliphatic heterocycles. The van der Waals surface area contributed by atoms with Gasteiger partial charge in [0.25, 0.3) is 0 Å². The van der Waals surface area contributed by atoms with Crippen molar-refractivity contribution >= 4 is 35.8 Å². The van der Waals surface area contributed by atoms with Crippen LogP contribution in [0.3, 0.4) is 0 Å². The average Bonchev–Trinajstić information content (AvgIpc) is 2.90. The van der Waals surface area contributed by atoms with Crippen LogP contribution in [0.4, 0.5) is 0 Å². The normalized spacial score (nSPS) is 18.4. The van der Waals surface area contributed by atoms with Gasteiger partial charge in [0, 0.05) is 39.7 Å². The van der Waals surface area contributed by atoms with Crippen molar-refractivity contribution in [3.8, 4) is 0 Å². The molecule has 1 saturated heterocycles. The minimum Gasteiger partial charge on any atom is -0.381 e. The van der Waals surface area contributed by atoms with Gasteiger partial charge in [0.15, 0.2) is 5.96 Å². The Morgan fingerprint density at radius 3 is 2.70 bits per heavy atom. The zero-order valence-electron chi connectivity index (χ0n) is 12.6. The lowest BCUT2D eigenvalue weighted by atomic mass is 10.1. The number of nitrogens with one attached hydrogen (secondary N) is 2. The number of aliphatic imine (C=N–C) groups is 1. The number of likely N-dealkylation sites (N-methyl/N-ethyl adjacent to an activating group) is 1. The van der Waals surface area contributed by atoms with E-state index in [-0.39, 0.29) is 36.4 Å². The molecule has 6 nitrogen and oxygen atoms in total. The van der Waals surface area contributed by atoms with Gasteiger partial charge in [-0.15, -0.1) is 24.0 Å². The van der Waals surface area contributed by atoms with Crippen molar-refractivity contribution in [2.24, 2.45) is 10.9 Å². The number of guanidine groups is 1. The molecule has 1 aliphatic rings. The Balaban J connectivity index is 0.00000361. The van der Waals surface area contributed by atoms with Crippen molar-refractivity contribution in [2.45, 2.75) is 19.8 Å². The number of ether oxygens (including phenoxy) is 1. The van der Waals surface area contributed by atoms with Gasteiger partial charge in [-0.05, 0) is 12.8 Å². The second-order valence-corrected chi connectivity index (χ2v) is 4.99. The summed E-state index contributed by atoms with van der Waals surface area (Å²) in [6, 6.07) is 0. The summed E-state index contributed by atoms with van der Waals surface area (Å²) < 4.78 is 5.34. The van der Waals surface area contributed by atoms with Crippen LogP contribution in [0, 0.1) is 5.92 Å². The number of halogens is 1. The van der Waals surface area contributed by atoms with Crippen LogP contribution in [0.1, 0.15) is 19.8 Å². The smallest absolute Gasteiger partial charge is 0.243 e. The van der Waals surface area contributed by atoms with Gasteiger partial charge < -0.3 is 20.3 Å². The summed E-state index contributed by atoms with van der Waals surface area (Å²) in [5.41, 5.74) is 0. The topological polar surface area (TPSA) is 66.0 Å². The molecule has 0 spiro atoms. The minimum atomic E-state index is 0. The molecule has 20 heavy (non-hydrogen) atoms. The molecule has 1 amide bonds. The van der Waals surface area contributed by atoms with Crippen molar-refractivity contribution in [1.82, 2.24) is 15.5 Å². The van der Waals surface area contributed by atoms with Crippen LogP contribution < -0.4 is 10.6 Å². The molecule has 0 aromatic carbocycles. The first-order valence-electron chi connectivity index (χ1n) is 6.93. The van der Waals surface area contributed by atoms with Gasteiger partial charge in [0.1, 0.15) is 6.54 Å². The zero-order chi connectivity index (χ0) is 14.1. The maximum absolute atomic E-state index is 11.5. The third-order valence-corrected chi connectivity index (χ3v) is 3.00. The highest BCUT2D eigenvalue weighted by Crippen LogP contribution is 2.10. The van der Waals surface area contributed by atoms with E-state index < -0.39 is 0 Å². The minimum absolute atomic E-state index is 0. The lowest BCUT2D eigenvalue weighted by molar-refractivity contribution is -0.127. The molecule has 1 unspecified atom stereocenters.